The fraction of sp³-hybridized carbons (Fsp3) is 0.192. The molecule has 0 aliphatic carbocycles. The molecule has 1 aliphatic heterocycles. The number of pyridine rings is 2. The number of benzene rings is 2. The zero-order valence-corrected chi connectivity index (χ0v) is 21.4. The van der Waals surface area contributed by atoms with E-state index in [0.717, 1.165) is 12.1 Å². The monoisotopic (exact) mass is 555 g/mol. The molecule has 1 aliphatic rings. The number of aliphatic hydroxyl groups excluding tert-OH is 1. The number of nitrogens with one attached hydrogen (secondary N) is 1. The summed E-state index contributed by atoms with van der Waals surface area (Å²) >= 11 is 0. The van der Waals surface area contributed by atoms with E-state index in [0.29, 0.717) is 41.1 Å². The second kappa shape index (κ2) is 10.1. The van der Waals surface area contributed by atoms with Gasteiger partial charge < -0.3 is 20.5 Å². The maximum absolute atomic E-state index is 14.2. The highest BCUT2D eigenvalue weighted by atomic mass is 32.2. The minimum Gasteiger partial charge on any atom is -0.480 e. The predicted octanol–water partition coefficient (Wildman–Crippen LogP) is 3.17. The van der Waals surface area contributed by atoms with Gasteiger partial charge in [-0.15, -0.1) is 0 Å². The predicted molar refractivity (Wildman–Crippen MR) is 140 cm³/mol. The Morgan fingerprint density at radius 1 is 1.15 bits per heavy atom. The first-order valence-corrected chi connectivity index (χ1v) is 13.2. The zero-order chi connectivity index (χ0) is 27.9. The Kier molecular flexibility index (Phi) is 6.78. The number of aliphatic hydroxyl groups is 1. The van der Waals surface area contributed by atoms with E-state index in [1.165, 1.54) is 24.3 Å². The number of hydrogen-bond donors (Lipinski definition) is 3. The highest BCUT2D eigenvalue weighted by Crippen LogP contribution is 2.32. The summed E-state index contributed by atoms with van der Waals surface area (Å²) in [4.78, 5) is 22.3. The molecule has 3 heterocycles. The number of rotatable bonds is 6. The third kappa shape index (κ3) is 5.18. The van der Waals surface area contributed by atoms with Crippen LogP contribution in [-0.4, -0.2) is 60.6 Å². The minimum absolute atomic E-state index is 0.0671. The van der Waals surface area contributed by atoms with Crippen LogP contribution in [0.15, 0.2) is 59.6 Å². The third-order valence-electron chi connectivity index (χ3n) is 6.33. The molecule has 2 aromatic carbocycles. The molecule has 1 fully saturated rings. The van der Waals surface area contributed by atoms with E-state index in [9.17, 15) is 27.1 Å². The lowest BCUT2D eigenvalue weighted by Crippen LogP contribution is -2.30. The highest BCUT2D eigenvalue weighted by Gasteiger charge is 2.27. The second-order valence-corrected chi connectivity index (χ2v) is 10.6. The molecule has 1 amide bonds. The first-order valence-electron chi connectivity index (χ1n) is 11.8. The van der Waals surface area contributed by atoms with Crippen molar-refractivity contribution in [1.29, 1.82) is 0 Å². The van der Waals surface area contributed by atoms with Crippen LogP contribution >= 0.6 is 0 Å². The number of fused-ring (bicyclic) bond motifs is 1. The molecule has 1 saturated heterocycles. The molecule has 1 atom stereocenters. The molecular weight excluding hydrogens is 532 g/mol. The Balaban J connectivity index is 1.51. The van der Waals surface area contributed by atoms with E-state index < -0.39 is 32.7 Å². The number of amides is 1. The van der Waals surface area contributed by atoms with Crippen molar-refractivity contribution in [2.24, 2.45) is 0 Å². The third-order valence-corrected chi connectivity index (χ3v) is 7.73. The van der Waals surface area contributed by atoms with Gasteiger partial charge in [0, 0.05) is 36.3 Å². The maximum atomic E-state index is 14.2. The SMILES string of the molecule is COc1ncc(-c2ccc3nc(N)c(C(=O)N4CC[C@H](O)C4)cc3c2)cc1NS(=O)(=O)c1ccc(F)cc1F. The summed E-state index contributed by atoms with van der Waals surface area (Å²) in [6, 6.07) is 10.3. The average Bonchev–Trinajstić information content (AvgIpc) is 3.33. The molecule has 0 bridgehead atoms. The number of carbonyl (C=O) groups excluding carboxylic acids is 1. The van der Waals surface area contributed by atoms with Crippen LogP contribution in [0, 0.1) is 11.6 Å². The highest BCUT2D eigenvalue weighted by molar-refractivity contribution is 7.92. The number of ether oxygens (including phenoxy) is 1. The van der Waals surface area contributed by atoms with E-state index in [1.54, 1.807) is 24.3 Å². The molecule has 0 radical (unpaired) electrons. The number of likely N-dealkylation sites (tertiary alicyclic amines) is 1. The van der Waals surface area contributed by atoms with Crippen LogP contribution in [0.3, 0.4) is 0 Å². The lowest BCUT2D eigenvalue weighted by Gasteiger charge is -2.17. The van der Waals surface area contributed by atoms with Gasteiger partial charge in [0.25, 0.3) is 15.9 Å². The van der Waals surface area contributed by atoms with Crippen molar-refractivity contribution >= 4 is 38.3 Å². The summed E-state index contributed by atoms with van der Waals surface area (Å²) in [5, 5.41) is 10.4. The molecule has 4 N–H and O–H groups in total. The Morgan fingerprint density at radius 3 is 2.64 bits per heavy atom. The van der Waals surface area contributed by atoms with Crippen molar-refractivity contribution in [1.82, 2.24) is 14.9 Å². The lowest BCUT2D eigenvalue weighted by atomic mass is 10.0. The summed E-state index contributed by atoms with van der Waals surface area (Å²) in [6.07, 6.45) is 1.36. The van der Waals surface area contributed by atoms with E-state index in [-0.39, 0.29) is 35.4 Å². The topological polar surface area (TPSA) is 148 Å². The summed E-state index contributed by atoms with van der Waals surface area (Å²) in [6.45, 7) is 0.629. The molecule has 0 saturated carbocycles. The molecule has 0 spiro atoms. The largest absolute Gasteiger partial charge is 0.480 e. The van der Waals surface area contributed by atoms with Gasteiger partial charge >= 0.3 is 0 Å². The van der Waals surface area contributed by atoms with Gasteiger partial charge in [-0.1, -0.05) is 6.07 Å². The van der Waals surface area contributed by atoms with Crippen LogP contribution in [0.5, 0.6) is 5.88 Å². The van der Waals surface area contributed by atoms with Crippen LogP contribution in [0.25, 0.3) is 22.0 Å². The van der Waals surface area contributed by atoms with Gasteiger partial charge in [-0.3, -0.25) is 9.52 Å². The van der Waals surface area contributed by atoms with Gasteiger partial charge in [0.05, 0.1) is 24.3 Å². The van der Waals surface area contributed by atoms with Gasteiger partial charge in [-0.25, -0.2) is 27.2 Å². The van der Waals surface area contributed by atoms with E-state index in [1.807, 2.05) is 0 Å². The number of carbonyl (C=O) groups is 1. The van der Waals surface area contributed by atoms with Gasteiger partial charge in [0.15, 0.2) is 0 Å². The minimum atomic E-state index is -4.45. The number of nitrogen functional groups attached to an aromatic ring is 1. The number of β-amino-alcohol motifs (C(OH)–C–C–N with tert-alkyl or cyclic N) is 1. The van der Waals surface area contributed by atoms with Crippen molar-refractivity contribution in [3.63, 3.8) is 0 Å². The van der Waals surface area contributed by atoms with Crippen molar-refractivity contribution < 1.29 is 31.8 Å². The quantitative estimate of drug-likeness (QED) is 0.329. The normalized spacial score (nSPS) is 15.5. The molecule has 4 aromatic rings. The summed E-state index contributed by atoms with van der Waals surface area (Å²) < 4.78 is 60.6. The first-order chi connectivity index (χ1) is 18.6. The zero-order valence-electron chi connectivity index (χ0n) is 20.6. The smallest absolute Gasteiger partial charge is 0.264 e. The Bertz CT molecular complexity index is 1720. The summed E-state index contributed by atoms with van der Waals surface area (Å²) in [7, 11) is -3.16. The molecular formula is C26H23F2N5O5S. The molecule has 202 valence electrons. The second-order valence-electron chi connectivity index (χ2n) is 8.98. The van der Waals surface area contributed by atoms with Crippen molar-refractivity contribution in [2.75, 3.05) is 30.7 Å². The first kappa shape index (κ1) is 26.3. The van der Waals surface area contributed by atoms with Gasteiger partial charge in [-0.2, -0.15) is 0 Å². The number of halogens is 2. The molecule has 10 nitrogen and oxygen atoms in total. The van der Waals surface area contributed by atoms with E-state index in [2.05, 4.69) is 14.7 Å². The number of nitrogens with two attached hydrogens (primary N) is 1. The van der Waals surface area contributed by atoms with E-state index >= 15 is 0 Å². The lowest BCUT2D eigenvalue weighted by molar-refractivity contribution is 0.0766. The van der Waals surface area contributed by atoms with Gasteiger partial charge in [0.1, 0.15) is 28.0 Å². The number of nitrogens with zero attached hydrogens (tertiary/aromatic N) is 3. The van der Waals surface area contributed by atoms with Crippen molar-refractivity contribution in [3.05, 3.63) is 71.9 Å². The molecule has 0 unspecified atom stereocenters. The van der Waals surface area contributed by atoms with E-state index in [4.69, 9.17) is 10.5 Å². The van der Waals surface area contributed by atoms with Gasteiger partial charge in [0.2, 0.25) is 5.88 Å². The average molecular weight is 556 g/mol. The molecule has 2 aromatic heterocycles. The van der Waals surface area contributed by atoms with Crippen molar-refractivity contribution in [3.8, 4) is 17.0 Å². The molecule has 39 heavy (non-hydrogen) atoms. The number of aromatic nitrogens is 2. The fourth-order valence-electron chi connectivity index (χ4n) is 4.38. The van der Waals surface area contributed by atoms with Crippen LogP contribution in [0.4, 0.5) is 20.3 Å². The Hall–Kier alpha value is -4.36. The van der Waals surface area contributed by atoms with Crippen LogP contribution in [0.1, 0.15) is 16.8 Å². The number of hydrogen-bond acceptors (Lipinski definition) is 8. The molecule has 5 rings (SSSR count). The van der Waals surface area contributed by atoms with Crippen LogP contribution < -0.4 is 15.2 Å². The number of anilines is 2. The Morgan fingerprint density at radius 2 is 1.95 bits per heavy atom. The summed E-state index contributed by atoms with van der Waals surface area (Å²) in [5.41, 5.74) is 7.80. The number of methoxy groups -OCH3 is 1. The maximum Gasteiger partial charge on any atom is 0.264 e. The standard InChI is InChI=1S/C26H23F2N5O5S/c1-38-25-22(32-39(36,37)23-5-3-17(27)11-20(23)28)10-16(12-30-25)14-2-4-21-15(8-14)9-19(24(29)31-21)26(35)33-7-6-18(34)13-33/h2-5,8-12,18,32,34H,6-7,13H2,1H3,(H2,29,31)/t18-/m0/s1. The van der Waals surface area contributed by atoms with Crippen LogP contribution in [-0.2, 0) is 10.0 Å². The van der Waals surface area contributed by atoms with Gasteiger partial charge in [-0.05, 0) is 48.4 Å². The Labute approximate surface area is 222 Å². The number of sulfonamides is 1. The van der Waals surface area contributed by atoms with Crippen molar-refractivity contribution in [2.45, 2.75) is 17.4 Å². The molecule has 13 heteroatoms. The fourth-order valence-corrected chi connectivity index (χ4v) is 5.49. The van der Waals surface area contributed by atoms with Crippen LogP contribution in [0.2, 0.25) is 0 Å². The summed E-state index contributed by atoms with van der Waals surface area (Å²) in [5.74, 6) is -2.50.